The average molecular weight is 703 g/mol. The summed E-state index contributed by atoms with van der Waals surface area (Å²) in [5.74, 6) is 0. The molecule has 0 saturated heterocycles. The molecule has 55 heavy (non-hydrogen) atoms. The van der Waals surface area contributed by atoms with E-state index in [9.17, 15) is 0 Å². The van der Waals surface area contributed by atoms with Crippen LogP contribution in [0.5, 0.6) is 0 Å². The van der Waals surface area contributed by atoms with Crippen molar-refractivity contribution in [2.45, 2.75) is 0 Å². The molecule has 0 N–H and O–H groups in total. The normalized spacial score (nSPS) is 11.6. The van der Waals surface area contributed by atoms with Crippen molar-refractivity contribution < 1.29 is 4.42 Å². The third-order valence-electron chi connectivity index (χ3n) is 11.0. The zero-order valence-corrected chi connectivity index (χ0v) is 29.9. The molecule has 11 aromatic rings. The summed E-state index contributed by atoms with van der Waals surface area (Å²) >= 11 is 0. The molecule has 2 aromatic heterocycles. The van der Waals surface area contributed by atoms with Crippen molar-refractivity contribution in [2.24, 2.45) is 0 Å². The summed E-state index contributed by atoms with van der Waals surface area (Å²) in [6.45, 7) is 0. The van der Waals surface area contributed by atoms with E-state index in [1.165, 1.54) is 38.3 Å². The Balaban J connectivity index is 1.16. The van der Waals surface area contributed by atoms with E-state index in [0.717, 1.165) is 61.2 Å². The van der Waals surface area contributed by atoms with Crippen LogP contribution in [0.4, 0.5) is 17.1 Å². The zero-order valence-electron chi connectivity index (χ0n) is 29.9. The Bertz CT molecular complexity index is 3180. The first-order chi connectivity index (χ1) is 27.3. The molecule has 0 atom stereocenters. The van der Waals surface area contributed by atoms with Crippen molar-refractivity contribution >= 4 is 71.6 Å². The van der Waals surface area contributed by atoms with E-state index in [1.54, 1.807) is 0 Å². The van der Waals surface area contributed by atoms with Crippen LogP contribution in [-0.4, -0.2) is 4.57 Å². The number of nitrogens with zero attached hydrogens (tertiary/aromatic N) is 2. The molecular formula is C52H34N2O. The molecule has 0 saturated carbocycles. The number of hydrogen-bond donors (Lipinski definition) is 0. The van der Waals surface area contributed by atoms with E-state index >= 15 is 0 Å². The molecule has 0 radical (unpaired) electrons. The Hall–Kier alpha value is -7.36. The summed E-state index contributed by atoms with van der Waals surface area (Å²) in [4.78, 5) is 2.33. The van der Waals surface area contributed by atoms with Crippen molar-refractivity contribution in [2.75, 3.05) is 4.90 Å². The lowest BCUT2D eigenvalue weighted by Crippen LogP contribution is -2.10. The maximum atomic E-state index is 7.23. The largest absolute Gasteiger partial charge is 0.453 e. The van der Waals surface area contributed by atoms with E-state index in [-0.39, 0.29) is 0 Å². The fourth-order valence-electron chi connectivity index (χ4n) is 8.45. The van der Waals surface area contributed by atoms with Crippen LogP contribution in [0.3, 0.4) is 0 Å². The predicted octanol–water partition coefficient (Wildman–Crippen LogP) is 14.6. The number of aromatic nitrogens is 1. The van der Waals surface area contributed by atoms with E-state index < -0.39 is 0 Å². The van der Waals surface area contributed by atoms with Crippen molar-refractivity contribution in [3.8, 4) is 27.9 Å². The summed E-state index contributed by atoms with van der Waals surface area (Å²) in [5, 5.41) is 7.01. The molecule has 0 aliphatic rings. The van der Waals surface area contributed by atoms with Crippen LogP contribution in [0.15, 0.2) is 211 Å². The van der Waals surface area contributed by atoms with E-state index in [2.05, 4.69) is 216 Å². The van der Waals surface area contributed by atoms with Crippen LogP contribution in [0.25, 0.3) is 82.5 Å². The molecule has 3 heteroatoms. The van der Waals surface area contributed by atoms with Crippen molar-refractivity contribution in [1.82, 2.24) is 4.57 Å². The molecule has 0 fully saturated rings. The fraction of sp³-hybridized carbons (Fsp3) is 0. The zero-order chi connectivity index (χ0) is 36.3. The molecule has 2 heterocycles. The van der Waals surface area contributed by atoms with Gasteiger partial charge in [0.25, 0.3) is 0 Å². The number of para-hydroxylation sites is 4. The number of anilines is 3. The topological polar surface area (TPSA) is 21.3 Å². The van der Waals surface area contributed by atoms with Crippen LogP contribution in [0.1, 0.15) is 0 Å². The van der Waals surface area contributed by atoms with Gasteiger partial charge in [0.1, 0.15) is 5.58 Å². The summed E-state index contributed by atoms with van der Waals surface area (Å²) in [6, 6.07) is 73.7. The number of hydrogen-bond acceptors (Lipinski definition) is 2. The Labute approximate surface area is 318 Å². The quantitative estimate of drug-likeness (QED) is 0.172. The second-order valence-corrected chi connectivity index (χ2v) is 14.1. The Morgan fingerprint density at radius 3 is 1.78 bits per heavy atom. The van der Waals surface area contributed by atoms with Gasteiger partial charge in [-0.15, -0.1) is 0 Å². The lowest BCUT2D eigenvalue weighted by molar-refractivity contribution is 0.670. The van der Waals surface area contributed by atoms with E-state index in [4.69, 9.17) is 4.42 Å². The van der Waals surface area contributed by atoms with Crippen LogP contribution in [0, 0.1) is 0 Å². The molecule has 9 aromatic carbocycles. The van der Waals surface area contributed by atoms with Gasteiger partial charge >= 0.3 is 0 Å². The summed E-state index contributed by atoms with van der Waals surface area (Å²) in [6.07, 6.45) is 0. The van der Waals surface area contributed by atoms with Gasteiger partial charge in [-0.3, -0.25) is 0 Å². The minimum absolute atomic E-state index is 0.858. The van der Waals surface area contributed by atoms with Crippen LogP contribution in [-0.2, 0) is 0 Å². The van der Waals surface area contributed by atoms with Gasteiger partial charge in [0, 0.05) is 44.2 Å². The molecule has 0 unspecified atom stereocenters. The lowest BCUT2D eigenvalue weighted by atomic mass is 9.98. The van der Waals surface area contributed by atoms with Gasteiger partial charge in [0.2, 0.25) is 0 Å². The summed E-state index contributed by atoms with van der Waals surface area (Å²) < 4.78 is 9.61. The number of rotatable bonds is 6. The second kappa shape index (κ2) is 12.6. The average Bonchev–Trinajstić information content (AvgIpc) is 3.82. The smallest absolute Gasteiger partial charge is 0.160 e. The Morgan fingerprint density at radius 2 is 0.982 bits per heavy atom. The highest BCUT2D eigenvalue weighted by Crippen LogP contribution is 2.47. The Kier molecular flexibility index (Phi) is 7.17. The van der Waals surface area contributed by atoms with Gasteiger partial charge in [-0.2, -0.15) is 0 Å². The van der Waals surface area contributed by atoms with Crippen LogP contribution < -0.4 is 4.90 Å². The first-order valence-corrected chi connectivity index (χ1v) is 18.8. The molecule has 0 amide bonds. The van der Waals surface area contributed by atoms with E-state index in [0.29, 0.717) is 0 Å². The SMILES string of the molecule is c1ccc(-c2ccc(N(c3ccccc3)c3cc4ccccc4c4c3oc3c(-c5ccc6c7ccccc7n(-c7ccccc7)c6c5)cccc34)cc2)cc1. The molecule has 258 valence electrons. The van der Waals surface area contributed by atoms with Crippen LogP contribution in [0.2, 0.25) is 0 Å². The van der Waals surface area contributed by atoms with Crippen molar-refractivity contribution in [3.63, 3.8) is 0 Å². The number of furan rings is 1. The van der Waals surface area contributed by atoms with Gasteiger partial charge in [0.15, 0.2) is 5.58 Å². The third kappa shape index (κ3) is 5.05. The lowest BCUT2D eigenvalue weighted by Gasteiger charge is -2.26. The first-order valence-electron chi connectivity index (χ1n) is 18.8. The van der Waals surface area contributed by atoms with Gasteiger partial charge in [-0.25, -0.2) is 0 Å². The highest BCUT2D eigenvalue weighted by atomic mass is 16.3. The highest BCUT2D eigenvalue weighted by molar-refractivity contribution is 6.24. The van der Waals surface area contributed by atoms with Gasteiger partial charge in [-0.1, -0.05) is 152 Å². The second-order valence-electron chi connectivity index (χ2n) is 14.1. The fourth-order valence-corrected chi connectivity index (χ4v) is 8.45. The minimum Gasteiger partial charge on any atom is -0.453 e. The summed E-state index contributed by atoms with van der Waals surface area (Å²) in [5.41, 5.74) is 12.9. The first kappa shape index (κ1) is 31.2. The molecule has 0 aliphatic carbocycles. The van der Waals surface area contributed by atoms with E-state index in [1.807, 2.05) is 0 Å². The molecule has 3 nitrogen and oxygen atoms in total. The number of fused-ring (bicyclic) bond motifs is 8. The molecule has 0 bridgehead atoms. The monoisotopic (exact) mass is 702 g/mol. The molecular weight excluding hydrogens is 669 g/mol. The molecule has 0 aliphatic heterocycles. The standard InChI is InChI=1S/C52H34N2O/c1-4-15-35(16-5-1)36-27-30-41(31-28-36)53(39-18-6-2-7-19-39)49-34-37-17-10-11-22-42(37)50-46-25-14-24-43(51(46)55-52(49)50)38-29-32-45-44-23-12-13-26-47(44)54(48(45)33-38)40-20-8-3-9-21-40/h1-34H. The maximum absolute atomic E-state index is 7.23. The highest BCUT2D eigenvalue weighted by Gasteiger charge is 2.23. The predicted molar refractivity (Wildman–Crippen MR) is 231 cm³/mol. The molecule has 0 spiro atoms. The molecule has 11 rings (SSSR count). The Morgan fingerprint density at radius 1 is 0.382 bits per heavy atom. The van der Waals surface area contributed by atoms with Gasteiger partial charge in [-0.05, 0) is 82.1 Å². The maximum Gasteiger partial charge on any atom is 0.160 e. The van der Waals surface area contributed by atoms with Crippen molar-refractivity contribution in [3.05, 3.63) is 206 Å². The van der Waals surface area contributed by atoms with Crippen LogP contribution >= 0.6 is 0 Å². The number of benzene rings is 9. The van der Waals surface area contributed by atoms with Gasteiger partial charge < -0.3 is 13.9 Å². The third-order valence-corrected chi connectivity index (χ3v) is 11.0. The summed E-state index contributed by atoms with van der Waals surface area (Å²) in [7, 11) is 0. The minimum atomic E-state index is 0.858. The van der Waals surface area contributed by atoms with Gasteiger partial charge in [0.05, 0.1) is 16.7 Å². The van der Waals surface area contributed by atoms with Crippen molar-refractivity contribution in [1.29, 1.82) is 0 Å².